The molecular formula is C54H67ClIr2N2O2-. The van der Waals surface area contributed by atoms with E-state index in [9.17, 15) is 9.90 Å². The molecule has 0 saturated heterocycles. The summed E-state index contributed by atoms with van der Waals surface area (Å²) in [5.41, 5.74) is 11.1. The summed E-state index contributed by atoms with van der Waals surface area (Å²) in [4.78, 5) is 20.7. The Bertz CT molecular complexity index is 2190. The predicted octanol–water partition coefficient (Wildman–Crippen LogP) is 15.9. The molecule has 4 nitrogen and oxygen atoms in total. The molecule has 0 aliphatic rings. The Morgan fingerprint density at radius 3 is 1.36 bits per heavy atom. The fraction of sp³-hybridized carbons (Fsp3) is 0.370. The van der Waals surface area contributed by atoms with Gasteiger partial charge in [0.25, 0.3) is 0 Å². The molecule has 6 aromatic rings. The summed E-state index contributed by atoms with van der Waals surface area (Å²) in [5, 5.41) is 14.5. The molecule has 0 bridgehead atoms. The molecule has 0 saturated carbocycles. The SMILES string of the molecule is CC(C)(C)C(=O)C=C(O)C(C)(C)C.CCC(C)c1ccc2c(-c3[c-]c(C)cc(C)c3)nccc2c1.CCC(C)c1ccc2c(-c3[c-]c(C)cc(C)c3)nccc2c1.[CH3-].[Cl][Ir+2].[Ir]. The molecule has 2 atom stereocenters. The zero-order valence-electron chi connectivity index (χ0n) is 39.0. The summed E-state index contributed by atoms with van der Waals surface area (Å²) in [6, 6.07) is 33.2. The van der Waals surface area contributed by atoms with Crippen LogP contribution in [0.15, 0.2) is 97.0 Å². The van der Waals surface area contributed by atoms with Crippen LogP contribution in [0.5, 0.6) is 0 Å². The number of pyridine rings is 2. The van der Waals surface area contributed by atoms with E-state index in [1.165, 1.54) is 67.8 Å². The second-order valence-electron chi connectivity index (χ2n) is 17.8. The summed E-state index contributed by atoms with van der Waals surface area (Å²) in [6.07, 6.45) is 7.47. The van der Waals surface area contributed by atoms with Crippen molar-refractivity contribution < 1.29 is 47.9 Å². The van der Waals surface area contributed by atoms with E-state index in [-0.39, 0.29) is 44.5 Å². The smallest absolute Gasteiger partial charge is 0 e. The van der Waals surface area contributed by atoms with Gasteiger partial charge in [-0.1, -0.05) is 133 Å². The molecule has 0 amide bonds. The van der Waals surface area contributed by atoms with Crippen molar-refractivity contribution in [1.29, 1.82) is 0 Å². The molecule has 0 aliphatic heterocycles. The monoisotopic (exact) mass is 1200 g/mol. The molecule has 0 aliphatic carbocycles. The Morgan fingerprint density at radius 2 is 1.05 bits per heavy atom. The average molecular weight is 1200 g/mol. The number of carbonyl (C=O) groups is 1. The summed E-state index contributed by atoms with van der Waals surface area (Å²) in [6.45, 7) is 28.6. The normalized spacial score (nSPS) is 12.2. The van der Waals surface area contributed by atoms with Gasteiger partial charge in [0, 0.05) is 49.4 Å². The van der Waals surface area contributed by atoms with Crippen molar-refractivity contribution in [3.8, 4) is 22.5 Å². The summed E-state index contributed by atoms with van der Waals surface area (Å²) in [7, 11) is 4.64. The van der Waals surface area contributed by atoms with Crippen molar-refractivity contribution in [2.24, 2.45) is 10.8 Å². The fourth-order valence-electron chi connectivity index (χ4n) is 6.51. The van der Waals surface area contributed by atoms with Gasteiger partial charge in [0.15, 0.2) is 5.78 Å². The Balaban J connectivity index is 0.000000457. The van der Waals surface area contributed by atoms with E-state index < -0.39 is 5.41 Å². The molecule has 4 aromatic carbocycles. The minimum atomic E-state index is -0.417. The Morgan fingerprint density at radius 1 is 0.672 bits per heavy atom. The van der Waals surface area contributed by atoms with Gasteiger partial charge in [-0.25, -0.2) is 0 Å². The number of aliphatic hydroxyl groups is 1. The molecule has 331 valence electrons. The maximum Gasteiger partial charge on any atom is 0 e. The minimum Gasteiger partial charge on any atom is 0 e. The van der Waals surface area contributed by atoms with E-state index in [0.717, 1.165) is 46.5 Å². The predicted molar refractivity (Wildman–Crippen MR) is 255 cm³/mol. The van der Waals surface area contributed by atoms with Gasteiger partial charge in [-0.15, -0.1) is 69.8 Å². The number of hydrogen-bond acceptors (Lipinski definition) is 4. The van der Waals surface area contributed by atoms with Gasteiger partial charge in [0.2, 0.25) is 0 Å². The molecule has 2 aromatic heterocycles. The van der Waals surface area contributed by atoms with Crippen molar-refractivity contribution >= 4 is 36.9 Å². The standard InChI is InChI=1S/2C21H22N.C11H20O2.CH3.ClH.2Ir/c2*1-5-16(4)17-6-7-20-18(13-17)8-9-22-21(20)19-11-14(2)10-15(3)12-19;1-10(2,3)8(12)7-9(13)11(4,5)6;;;;/h2*6-11,13,16H,5H2,1-4H3;7,12H,1-6H3;1H3;1H;;/q2*-1;;-1;;;+3/p-1. The Hall–Kier alpha value is -3.50. The number of halogens is 1. The molecule has 0 fully saturated rings. The molecule has 7 heteroatoms. The van der Waals surface area contributed by atoms with Gasteiger partial charge in [0.05, 0.1) is 0 Å². The van der Waals surface area contributed by atoms with E-state index in [2.05, 4.69) is 160 Å². The average Bonchev–Trinajstić information content (AvgIpc) is 3.19. The molecule has 61 heavy (non-hydrogen) atoms. The van der Waals surface area contributed by atoms with Crippen LogP contribution < -0.4 is 0 Å². The van der Waals surface area contributed by atoms with Crippen LogP contribution in [0.3, 0.4) is 0 Å². The number of nitrogens with zero attached hydrogens (tertiary/aromatic N) is 2. The fourth-order valence-corrected chi connectivity index (χ4v) is 6.51. The number of carbonyl (C=O) groups excluding carboxylic acids is 1. The summed E-state index contributed by atoms with van der Waals surface area (Å²) in [5.74, 6) is 1.29. The van der Waals surface area contributed by atoms with Crippen LogP contribution in [-0.2, 0) is 42.8 Å². The number of aliphatic hydroxyl groups excluding tert-OH is 1. The number of aryl methyl sites for hydroxylation is 4. The van der Waals surface area contributed by atoms with Crippen LogP contribution in [0.4, 0.5) is 0 Å². The van der Waals surface area contributed by atoms with Crippen molar-refractivity contribution in [3.05, 3.63) is 150 Å². The molecule has 1 N–H and O–H groups in total. The van der Waals surface area contributed by atoms with Crippen molar-refractivity contribution in [2.45, 2.75) is 122 Å². The van der Waals surface area contributed by atoms with Gasteiger partial charge in [-0.05, 0) is 80.9 Å². The molecular weight excluding hydrogens is 1130 g/mol. The van der Waals surface area contributed by atoms with Gasteiger partial charge in [-0.3, -0.25) is 4.79 Å². The van der Waals surface area contributed by atoms with Gasteiger partial charge < -0.3 is 22.5 Å². The number of rotatable bonds is 7. The van der Waals surface area contributed by atoms with Gasteiger partial charge >= 0.3 is 27.5 Å². The van der Waals surface area contributed by atoms with Gasteiger partial charge in [0.1, 0.15) is 5.76 Å². The first-order chi connectivity index (χ1) is 27.7. The van der Waals surface area contributed by atoms with E-state index in [0.29, 0.717) is 11.8 Å². The van der Waals surface area contributed by atoms with Crippen molar-refractivity contribution in [2.75, 3.05) is 0 Å². The van der Waals surface area contributed by atoms with Crippen LogP contribution in [0.25, 0.3) is 44.1 Å². The maximum absolute atomic E-state index is 11.5. The number of hydrogen-bond donors (Lipinski definition) is 1. The van der Waals surface area contributed by atoms with E-state index in [1.54, 1.807) is 0 Å². The Labute approximate surface area is 397 Å². The molecule has 2 unspecified atom stereocenters. The largest absolute Gasteiger partial charge is 0 e. The van der Waals surface area contributed by atoms with Crippen LogP contribution >= 0.6 is 9.58 Å². The van der Waals surface area contributed by atoms with Crippen molar-refractivity contribution in [3.63, 3.8) is 0 Å². The second kappa shape index (κ2) is 25.0. The molecule has 6 rings (SSSR count). The quantitative estimate of drug-likeness (QED) is 0.0983. The minimum absolute atomic E-state index is 0. The van der Waals surface area contributed by atoms with E-state index in [4.69, 9.17) is 0 Å². The number of fused-ring (bicyclic) bond motifs is 2. The number of ketones is 1. The topological polar surface area (TPSA) is 63.1 Å². The first kappa shape index (κ1) is 55.5. The van der Waals surface area contributed by atoms with Crippen molar-refractivity contribution in [1.82, 2.24) is 9.97 Å². The second-order valence-corrected chi connectivity index (χ2v) is 17.8. The van der Waals surface area contributed by atoms with Crippen LogP contribution in [0.2, 0.25) is 0 Å². The molecule has 2 heterocycles. The summed E-state index contributed by atoms with van der Waals surface area (Å²) < 4.78 is 0. The number of aromatic nitrogens is 2. The Kier molecular flexibility index (Phi) is 22.7. The van der Waals surface area contributed by atoms with Crippen LogP contribution in [0, 0.1) is 58.1 Å². The zero-order valence-corrected chi connectivity index (χ0v) is 44.6. The number of benzene rings is 4. The van der Waals surface area contributed by atoms with Crippen LogP contribution in [-0.4, -0.2) is 20.9 Å². The number of allylic oxidation sites excluding steroid dienone is 2. The first-order valence-corrected chi connectivity index (χ1v) is 23.6. The third-order valence-electron chi connectivity index (χ3n) is 10.5. The molecule has 0 spiro atoms. The van der Waals surface area contributed by atoms with Gasteiger partial charge in [-0.2, -0.15) is 0 Å². The summed E-state index contributed by atoms with van der Waals surface area (Å²) >= 11 is 1.47. The zero-order chi connectivity index (χ0) is 44.2. The third kappa shape index (κ3) is 16.0. The van der Waals surface area contributed by atoms with Crippen LogP contribution in [0.1, 0.15) is 127 Å². The van der Waals surface area contributed by atoms with E-state index in [1.807, 2.05) is 53.9 Å². The van der Waals surface area contributed by atoms with E-state index >= 15 is 0 Å². The first-order valence-electron chi connectivity index (χ1n) is 20.6. The molecule has 1 radical (unpaired) electrons. The maximum atomic E-state index is 11.5. The third-order valence-corrected chi connectivity index (χ3v) is 10.5.